The third-order valence-electron chi connectivity index (χ3n) is 7.31. The van der Waals surface area contributed by atoms with Gasteiger partial charge in [-0.05, 0) is 85.3 Å². The van der Waals surface area contributed by atoms with Crippen molar-refractivity contribution in [3.05, 3.63) is 127 Å². The van der Waals surface area contributed by atoms with Crippen LogP contribution in [0.4, 0.5) is 0 Å². The van der Waals surface area contributed by atoms with Gasteiger partial charge in [0.2, 0.25) is 0 Å². The highest BCUT2D eigenvalue weighted by Gasteiger charge is 2.21. The molecule has 0 fully saturated rings. The molecule has 0 heterocycles. The van der Waals surface area contributed by atoms with Crippen molar-refractivity contribution in [2.45, 2.75) is 40.8 Å². The zero-order valence-corrected chi connectivity index (χ0v) is 28.8. The molecule has 0 spiro atoms. The topological polar surface area (TPSA) is 59.1 Å². The van der Waals surface area contributed by atoms with Crippen LogP contribution in [0, 0.1) is 27.7 Å². The maximum atomic E-state index is 13.6. The first kappa shape index (κ1) is 33.3. The van der Waals surface area contributed by atoms with Crippen LogP contribution in [-0.2, 0) is 22.7 Å². The van der Waals surface area contributed by atoms with E-state index in [1.165, 1.54) is 0 Å². The van der Waals surface area contributed by atoms with Crippen LogP contribution in [0.2, 0.25) is 0 Å². The number of hydrogen-bond donors (Lipinski definition) is 0. The molecule has 8 heteroatoms. The van der Waals surface area contributed by atoms with Gasteiger partial charge in [-0.2, -0.15) is 0 Å². The monoisotopic (exact) mass is 720 g/mol. The summed E-state index contributed by atoms with van der Waals surface area (Å²) in [6.07, 6.45) is 0. The molecule has 4 aromatic rings. The summed E-state index contributed by atoms with van der Waals surface area (Å²) in [7, 11) is 0. The van der Waals surface area contributed by atoms with E-state index >= 15 is 0 Å². The lowest BCUT2D eigenvalue weighted by atomic mass is 10.1. The molecule has 0 saturated carbocycles. The number of amides is 2. The lowest BCUT2D eigenvalue weighted by Crippen LogP contribution is -2.43. The van der Waals surface area contributed by atoms with Crippen molar-refractivity contribution in [2.24, 2.45) is 0 Å². The highest BCUT2D eigenvalue weighted by Crippen LogP contribution is 2.28. The van der Waals surface area contributed by atoms with Crippen LogP contribution < -0.4 is 9.47 Å². The fraction of sp³-hybridized carbons (Fsp3) is 0.278. The number of nitrogens with zero attached hydrogens (tertiary/aromatic N) is 2. The van der Waals surface area contributed by atoms with Crippen molar-refractivity contribution in [1.29, 1.82) is 0 Å². The lowest BCUT2D eigenvalue weighted by molar-refractivity contribution is -0.138. The van der Waals surface area contributed by atoms with Crippen LogP contribution in [0.25, 0.3) is 0 Å². The van der Waals surface area contributed by atoms with Gasteiger partial charge in [-0.15, -0.1) is 0 Å². The molecule has 0 aliphatic heterocycles. The highest BCUT2D eigenvalue weighted by molar-refractivity contribution is 9.10. The Balaban J connectivity index is 1.50. The molecule has 0 aromatic heterocycles. The normalized spacial score (nSPS) is 10.8. The number of benzene rings is 4. The van der Waals surface area contributed by atoms with Crippen molar-refractivity contribution in [1.82, 2.24) is 9.80 Å². The first-order valence-electron chi connectivity index (χ1n) is 14.5. The molecule has 0 bridgehead atoms. The molecule has 44 heavy (non-hydrogen) atoms. The maximum Gasteiger partial charge on any atom is 0.260 e. The van der Waals surface area contributed by atoms with E-state index in [1.54, 1.807) is 9.80 Å². The minimum Gasteiger partial charge on any atom is -0.483 e. The maximum absolute atomic E-state index is 13.6. The van der Waals surface area contributed by atoms with E-state index in [0.29, 0.717) is 37.7 Å². The molecule has 0 saturated heterocycles. The Kier molecular flexibility index (Phi) is 12.0. The van der Waals surface area contributed by atoms with Gasteiger partial charge in [-0.1, -0.05) is 92.5 Å². The molecule has 0 atom stereocenters. The Morgan fingerprint density at radius 2 is 0.886 bits per heavy atom. The van der Waals surface area contributed by atoms with Gasteiger partial charge in [-0.25, -0.2) is 0 Å². The van der Waals surface area contributed by atoms with Crippen molar-refractivity contribution in [3.63, 3.8) is 0 Å². The summed E-state index contributed by atoms with van der Waals surface area (Å²) in [4.78, 5) is 30.8. The fourth-order valence-electron chi connectivity index (χ4n) is 5.13. The summed E-state index contributed by atoms with van der Waals surface area (Å²) in [6.45, 7) is 9.14. The summed E-state index contributed by atoms with van der Waals surface area (Å²) < 4.78 is 14.0. The summed E-state index contributed by atoms with van der Waals surface area (Å²) in [5.41, 5.74) is 5.82. The molecular weight excluding hydrogens is 684 g/mol. The molecule has 2 amide bonds. The second-order valence-electron chi connectivity index (χ2n) is 10.9. The summed E-state index contributed by atoms with van der Waals surface area (Å²) in [6, 6.07) is 27.6. The van der Waals surface area contributed by atoms with Crippen molar-refractivity contribution in [3.8, 4) is 11.5 Å². The molecule has 0 radical (unpaired) electrons. The van der Waals surface area contributed by atoms with Crippen LogP contribution >= 0.6 is 31.9 Å². The Hall–Kier alpha value is -3.62. The number of aryl methyl sites for hydroxylation is 4. The summed E-state index contributed by atoms with van der Waals surface area (Å²) in [5.74, 6) is 1.11. The van der Waals surface area contributed by atoms with E-state index in [4.69, 9.17) is 9.47 Å². The number of carbonyl (C=O) groups is 2. The SMILES string of the molecule is Cc1cc(Br)cc(C)c1OCC(=O)N(CCN(Cc1ccccc1)C(=O)COc1c(C)cc(Br)cc1C)Cc1ccccc1. The quantitative estimate of drug-likeness (QED) is 0.141. The van der Waals surface area contributed by atoms with Gasteiger partial charge in [0.05, 0.1) is 0 Å². The van der Waals surface area contributed by atoms with Crippen LogP contribution in [0.5, 0.6) is 11.5 Å². The van der Waals surface area contributed by atoms with Crippen molar-refractivity contribution >= 4 is 43.7 Å². The Morgan fingerprint density at radius 1 is 0.568 bits per heavy atom. The largest absolute Gasteiger partial charge is 0.483 e. The van der Waals surface area contributed by atoms with Gasteiger partial charge >= 0.3 is 0 Å². The van der Waals surface area contributed by atoms with Crippen LogP contribution in [-0.4, -0.2) is 47.9 Å². The average Bonchev–Trinajstić information content (AvgIpc) is 2.98. The number of ether oxygens (including phenoxy) is 2. The van der Waals surface area contributed by atoms with Gasteiger partial charge < -0.3 is 19.3 Å². The van der Waals surface area contributed by atoms with E-state index in [2.05, 4.69) is 31.9 Å². The zero-order chi connectivity index (χ0) is 31.6. The van der Waals surface area contributed by atoms with E-state index in [9.17, 15) is 9.59 Å². The van der Waals surface area contributed by atoms with Gasteiger partial charge in [0.1, 0.15) is 11.5 Å². The lowest BCUT2D eigenvalue weighted by Gasteiger charge is -2.29. The first-order chi connectivity index (χ1) is 21.1. The van der Waals surface area contributed by atoms with Gasteiger partial charge in [0.15, 0.2) is 13.2 Å². The van der Waals surface area contributed by atoms with Gasteiger partial charge in [0.25, 0.3) is 11.8 Å². The number of hydrogen-bond acceptors (Lipinski definition) is 4. The zero-order valence-electron chi connectivity index (χ0n) is 25.6. The highest BCUT2D eigenvalue weighted by atomic mass is 79.9. The second kappa shape index (κ2) is 15.9. The summed E-state index contributed by atoms with van der Waals surface area (Å²) in [5, 5.41) is 0. The van der Waals surface area contributed by atoms with E-state index < -0.39 is 0 Å². The Bertz CT molecular complexity index is 1410. The molecular formula is C36H38Br2N2O4. The molecule has 230 valence electrons. The average molecular weight is 723 g/mol. The molecule has 0 aliphatic rings. The molecule has 6 nitrogen and oxygen atoms in total. The Morgan fingerprint density at radius 3 is 1.20 bits per heavy atom. The van der Waals surface area contributed by atoms with Crippen LogP contribution in [0.3, 0.4) is 0 Å². The molecule has 0 aliphatic carbocycles. The standard InChI is InChI=1S/C36H38Br2N2O4/c1-25-17-31(37)18-26(2)35(25)43-23-33(41)39(21-29-11-7-5-8-12-29)15-16-40(22-30-13-9-6-10-14-30)34(42)24-44-36-27(3)19-32(38)20-28(36)4/h5-14,17-20H,15-16,21-24H2,1-4H3. The van der Waals surface area contributed by atoms with Gasteiger partial charge in [-0.3, -0.25) is 9.59 Å². The van der Waals surface area contributed by atoms with E-state index in [-0.39, 0.29) is 25.0 Å². The van der Waals surface area contributed by atoms with Crippen molar-refractivity contribution in [2.75, 3.05) is 26.3 Å². The Labute approximate surface area is 277 Å². The number of carbonyl (C=O) groups excluding carboxylic acids is 2. The third kappa shape index (κ3) is 9.44. The molecule has 0 N–H and O–H groups in total. The van der Waals surface area contributed by atoms with Crippen LogP contribution in [0.15, 0.2) is 93.9 Å². The fourth-order valence-corrected chi connectivity index (χ4v) is 6.51. The smallest absolute Gasteiger partial charge is 0.260 e. The second-order valence-corrected chi connectivity index (χ2v) is 12.7. The number of halogens is 2. The molecule has 4 aromatic carbocycles. The predicted octanol–water partition coefficient (Wildman–Crippen LogP) is 7.96. The molecule has 4 rings (SSSR count). The first-order valence-corrected chi connectivity index (χ1v) is 16.1. The minimum atomic E-state index is -0.153. The third-order valence-corrected chi connectivity index (χ3v) is 8.22. The predicted molar refractivity (Wildman–Crippen MR) is 182 cm³/mol. The van der Waals surface area contributed by atoms with E-state index in [1.807, 2.05) is 113 Å². The van der Waals surface area contributed by atoms with E-state index in [0.717, 1.165) is 42.3 Å². The number of rotatable bonds is 13. The molecule has 0 unspecified atom stereocenters. The summed E-state index contributed by atoms with van der Waals surface area (Å²) >= 11 is 7.03. The van der Waals surface area contributed by atoms with Crippen LogP contribution in [0.1, 0.15) is 33.4 Å². The van der Waals surface area contributed by atoms with Gasteiger partial charge in [0, 0.05) is 35.1 Å². The van der Waals surface area contributed by atoms with Crippen molar-refractivity contribution < 1.29 is 19.1 Å². The minimum absolute atomic E-state index is 0.103.